The van der Waals surface area contributed by atoms with Crippen molar-refractivity contribution in [1.29, 1.82) is 0 Å². The Morgan fingerprint density at radius 1 is 0.889 bits per heavy atom. The topological polar surface area (TPSA) is 114 Å². The van der Waals surface area contributed by atoms with Crippen LogP contribution >= 0.6 is 0 Å². The lowest BCUT2D eigenvalue weighted by molar-refractivity contribution is -0.385. The molecule has 2 aromatic carbocycles. The van der Waals surface area contributed by atoms with Gasteiger partial charge in [-0.05, 0) is 36.4 Å². The maximum atomic E-state index is 12.4. The molecule has 3 aromatic rings. The van der Waals surface area contributed by atoms with Crippen molar-refractivity contribution in [3.8, 4) is 0 Å². The lowest BCUT2D eigenvalue weighted by Crippen LogP contribution is -2.16. The van der Waals surface area contributed by atoms with Crippen LogP contribution in [-0.2, 0) is 0 Å². The van der Waals surface area contributed by atoms with Crippen molar-refractivity contribution >= 4 is 29.0 Å². The minimum atomic E-state index is -0.635. The summed E-state index contributed by atoms with van der Waals surface area (Å²) in [7, 11) is 0. The molecular weight excluding hydrogens is 348 g/mol. The van der Waals surface area contributed by atoms with Gasteiger partial charge in [0, 0.05) is 23.5 Å². The molecule has 3 rings (SSSR count). The molecule has 1 heterocycles. The van der Waals surface area contributed by atoms with Crippen molar-refractivity contribution < 1.29 is 14.5 Å². The Balaban J connectivity index is 1.77. The summed E-state index contributed by atoms with van der Waals surface area (Å²) in [6.45, 7) is 0. The molecule has 2 N–H and O–H groups in total. The van der Waals surface area contributed by atoms with Crippen LogP contribution in [0.3, 0.4) is 0 Å². The largest absolute Gasteiger partial charge is 0.322 e. The summed E-state index contributed by atoms with van der Waals surface area (Å²) in [4.78, 5) is 39.2. The van der Waals surface area contributed by atoms with Gasteiger partial charge in [-0.3, -0.25) is 19.7 Å². The number of nitro benzene ring substituents is 1. The van der Waals surface area contributed by atoms with Gasteiger partial charge >= 0.3 is 0 Å². The van der Waals surface area contributed by atoms with Crippen molar-refractivity contribution in [2.24, 2.45) is 0 Å². The normalized spacial score (nSPS) is 10.1. The molecule has 0 fully saturated rings. The van der Waals surface area contributed by atoms with Gasteiger partial charge in [0.05, 0.1) is 4.92 Å². The zero-order valence-electron chi connectivity index (χ0n) is 14.0. The maximum absolute atomic E-state index is 12.4. The Morgan fingerprint density at radius 3 is 2.41 bits per heavy atom. The molecule has 0 aliphatic carbocycles. The maximum Gasteiger partial charge on any atom is 0.282 e. The highest BCUT2D eigenvalue weighted by molar-refractivity contribution is 6.08. The minimum Gasteiger partial charge on any atom is -0.322 e. The van der Waals surface area contributed by atoms with E-state index < -0.39 is 16.7 Å². The number of aromatic nitrogens is 1. The van der Waals surface area contributed by atoms with E-state index in [1.54, 1.807) is 48.7 Å². The highest BCUT2D eigenvalue weighted by atomic mass is 16.6. The first-order valence-electron chi connectivity index (χ1n) is 7.92. The summed E-state index contributed by atoms with van der Waals surface area (Å²) in [6.07, 6.45) is 1.55. The van der Waals surface area contributed by atoms with Crippen LogP contribution in [0.2, 0.25) is 0 Å². The van der Waals surface area contributed by atoms with Crippen molar-refractivity contribution in [3.63, 3.8) is 0 Å². The SMILES string of the molecule is O=C(Nc1ccccn1)c1cccc(NC(=O)c2ccccc2[N+](=O)[O-])c1. The Morgan fingerprint density at radius 2 is 1.67 bits per heavy atom. The first-order valence-corrected chi connectivity index (χ1v) is 7.92. The number of carbonyl (C=O) groups is 2. The number of nitro groups is 1. The second-order valence-corrected chi connectivity index (χ2v) is 5.48. The molecule has 134 valence electrons. The van der Waals surface area contributed by atoms with Gasteiger partial charge in [0.25, 0.3) is 17.5 Å². The number of rotatable bonds is 5. The molecule has 8 heteroatoms. The molecule has 0 spiro atoms. The molecular formula is C19H14N4O4. The average Bonchev–Trinajstić information content (AvgIpc) is 2.69. The third-order valence-electron chi connectivity index (χ3n) is 3.63. The number of benzene rings is 2. The summed E-state index contributed by atoms with van der Waals surface area (Å²) in [5, 5.41) is 16.3. The van der Waals surface area contributed by atoms with E-state index >= 15 is 0 Å². The number of nitrogens with zero attached hydrogens (tertiary/aromatic N) is 2. The Bertz CT molecular complexity index is 1010. The van der Waals surface area contributed by atoms with Gasteiger partial charge in [-0.1, -0.05) is 24.3 Å². The summed E-state index contributed by atoms with van der Waals surface area (Å²) < 4.78 is 0. The summed E-state index contributed by atoms with van der Waals surface area (Å²) in [5.74, 6) is -0.628. The van der Waals surface area contributed by atoms with Gasteiger partial charge in [-0.15, -0.1) is 0 Å². The predicted molar refractivity (Wildman–Crippen MR) is 99.7 cm³/mol. The zero-order chi connectivity index (χ0) is 19.2. The van der Waals surface area contributed by atoms with Gasteiger partial charge in [0.2, 0.25) is 0 Å². The third-order valence-corrected chi connectivity index (χ3v) is 3.63. The van der Waals surface area contributed by atoms with Crippen molar-refractivity contribution in [1.82, 2.24) is 4.98 Å². The highest BCUT2D eigenvalue weighted by Crippen LogP contribution is 2.20. The van der Waals surface area contributed by atoms with E-state index in [4.69, 9.17) is 0 Å². The van der Waals surface area contributed by atoms with Crippen LogP contribution in [0.1, 0.15) is 20.7 Å². The van der Waals surface area contributed by atoms with Gasteiger partial charge in [0.15, 0.2) is 0 Å². The fourth-order valence-corrected chi connectivity index (χ4v) is 2.39. The molecule has 1 aromatic heterocycles. The van der Waals surface area contributed by atoms with E-state index in [0.29, 0.717) is 17.1 Å². The molecule has 0 bridgehead atoms. The van der Waals surface area contributed by atoms with E-state index in [1.807, 2.05) is 0 Å². The van der Waals surface area contributed by atoms with Crippen LogP contribution in [0.5, 0.6) is 0 Å². The van der Waals surface area contributed by atoms with Crippen molar-refractivity contribution in [3.05, 3.63) is 94.2 Å². The number of hydrogen-bond acceptors (Lipinski definition) is 5. The number of anilines is 2. The number of carbonyl (C=O) groups excluding carboxylic acids is 2. The van der Waals surface area contributed by atoms with Gasteiger partial charge in [0.1, 0.15) is 11.4 Å². The summed E-state index contributed by atoms with van der Waals surface area (Å²) in [5.41, 5.74) is 0.290. The fraction of sp³-hybridized carbons (Fsp3) is 0. The summed E-state index contributed by atoms with van der Waals surface area (Å²) >= 11 is 0. The highest BCUT2D eigenvalue weighted by Gasteiger charge is 2.19. The predicted octanol–water partition coefficient (Wildman–Crippen LogP) is 3.49. The van der Waals surface area contributed by atoms with Crippen LogP contribution in [0.15, 0.2) is 72.9 Å². The summed E-state index contributed by atoms with van der Waals surface area (Å²) in [6, 6.07) is 17.0. The molecule has 0 unspecified atom stereocenters. The molecule has 27 heavy (non-hydrogen) atoms. The van der Waals surface area contributed by atoms with Crippen LogP contribution < -0.4 is 10.6 Å². The van der Waals surface area contributed by atoms with Gasteiger partial charge in [-0.25, -0.2) is 4.98 Å². The lowest BCUT2D eigenvalue weighted by Gasteiger charge is -2.08. The van der Waals surface area contributed by atoms with E-state index in [9.17, 15) is 19.7 Å². The molecule has 2 amide bonds. The quantitative estimate of drug-likeness (QED) is 0.532. The standard InChI is InChI=1S/C19H14N4O4/c24-18(22-17-10-3-4-11-20-17)13-6-5-7-14(12-13)21-19(25)15-8-1-2-9-16(15)23(26)27/h1-12H,(H,21,25)(H,20,22,24). The smallest absolute Gasteiger partial charge is 0.282 e. The van der Waals surface area contributed by atoms with E-state index in [0.717, 1.165) is 0 Å². The van der Waals surface area contributed by atoms with Crippen LogP contribution in [0.4, 0.5) is 17.2 Å². The van der Waals surface area contributed by atoms with Crippen molar-refractivity contribution in [2.75, 3.05) is 10.6 Å². The number of para-hydroxylation sites is 1. The first kappa shape index (κ1) is 17.7. The van der Waals surface area contributed by atoms with E-state index in [-0.39, 0.29) is 11.3 Å². The number of pyridine rings is 1. The second kappa shape index (κ2) is 7.87. The van der Waals surface area contributed by atoms with Gasteiger partial charge < -0.3 is 10.6 Å². The fourth-order valence-electron chi connectivity index (χ4n) is 2.39. The third kappa shape index (κ3) is 4.31. The first-order chi connectivity index (χ1) is 13.0. The van der Waals surface area contributed by atoms with Crippen molar-refractivity contribution in [2.45, 2.75) is 0 Å². The number of amides is 2. The Labute approximate surface area is 154 Å². The van der Waals surface area contributed by atoms with Gasteiger partial charge in [-0.2, -0.15) is 0 Å². The number of nitrogens with one attached hydrogen (secondary N) is 2. The Hall–Kier alpha value is -4.07. The number of hydrogen-bond donors (Lipinski definition) is 2. The molecule has 0 atom stereocenters. The van der Waals surface area contributed by atoms with E-state index in [2.05, 4.69) is 15.6 Å². The van der Waals surface area contributed by atoms with Crippen LogP contribution in [-0.4, -0.2) is 21.7 Å². The van der Waals surface area contributed by atoms with Crippen LogP contribution in [0, 0.1) is 10.1 Å². The lowest BCUT2D eigenvalue weighted by atomic mass is 10.1. The Kier molecular flexibility index (Phi) is 5.17. The molecule has 0 aliphatic rings. The minimum absolute atomic E-state index is 0.0640. The zero-order valence-corrected chi connectivity index (χ0v) is 14.0. The average molecular weight is 362 g/mol. The second-order valence-electron chi connectivity index (χ2n) is 5.48. The molecule has 0 aliphatic heterocycles. The molecule has 8 nitrogen and oxygen atoms in total. The molecule has 0 radical (unpaired) electrons. The molecule has 0 saturated carbocycles. The van der Waals surface area contributed by atoms with Crippen LogP contribution in [0.25, 0.3) is 0 Å². The molecule has 0 saturated heterocycles. The monoisotopic (exact) mass is 362 g/mol. The van der Waals surface area contributed by atoms with E-state index in [1.165, 1.54) is 24.3 Å².